The van der Waals surface area contributed by atoms with E-state index >= 15 is 0 Å². The van der Waals surface area contributed by atoms with Crippen LogP contribution in [0.15, 0.2) is 42.5 Å². The van der Waals surface area contributed by atoms with E-state index in [9.17, 15) is 8.78 Å². The second kappa shape index (κ2) is 7.29. The summed E-state index contributed by atoms with van der Waals surface area (Å²) in [6.07, 6.45) is 2.18. The molecule has 0 saturated heterocycles. The molecule has 1 unspecified atom stereocenters. The van der Waals surface area contributed by atoms with Crippen molar-refractivity contribution in [1.82, 2.24) is 5.43 Å². The van der Waals surface area contributed by atoms with E-state index in [0.717, 1.165) is 18.9 Å². The van der Waals surface area contributed by atoms with Crippen molar-refractivity contribution >= 4 is 0 Å². The Kier molecular flexibility index (Phi) is 5.42. The van der Waals surface area contributed by atoms with Crippen LogP contribution in [0.25, 0.3) is 0 Å². The van der Waals surface area contributed by atoms with Gasteiger partial charge in [-0.1, -0.05) is 24.3 Å². The standard InChI is InChI=1S/C17H20F2N2/c1-12-4-2-3-5-14(12)6-7-17(21-20)10-13-8-15(18)11-16(19)9-13/h2-5,8-9,11,17,21H,6-7,10,20H2,1H3. The molecule has 0 aliphatic rings. The van der Waals surface area contributed by atoms with Crippen LogP contribution in [-0.4, -0.2) is 6.04 Å². The molecule has 2 rings (SSSR count). The molecule has 0 heterocycles. The number of nitrogens with one attached hydrogen (secondary N) is 1. The topological polar surface area (TPSA) is 38.0 Å². The van der Waals surface area contributed by atoms with E-state index in [2.05, 4.69) is 24.5 Å². The van der Waals surface area contributed by atoms with Crippen LogP contribution in [-0.2, 0) is 12.8 Å². The van der Waals surface area contributed by atoms with E-state index in [4.69, 9.17) is 5.84 Å². The molecule has 0 aliphatic heterocycles. The molecule has 2 aromatic rings. The Morgan fingerprint density at radius 3 is 2.38 bits per heavy atom. The van der Waals surface area contributed by atoms with Crippen molar-refractivity contribution < 1.29 is 8.78 Å². The van der Waals surface area contributed by atoms with Crippen LogP contribution < -0.4 is 11.3 Å². The lowest BCUT2D eigenvalue weighted by Gasteiger charge is -2.16. The molecule has 0 amide bonds. The van der Waals surface area contributed by atoms with Crippen LogP contribution in [0.3, 0.4) is 0 Å². The Balaban J connectivity index is 1.98. The van der Waals surface area contributed by atoms with Crippen molar-refractivity contribution in [2.45, 2.75) is 32.2 Å². The molecule has 0 radical (unpaired) electrons. The second-order valence-electron chi connectivity index (χ2n) is 5.31. The van der Waals surface area contributed by atoms with E-state index in [1.807, 2.05) is 12.1 Å². The minimum Gasteiger partial charge on any atom is -0.271 e. The van der Waals surface area contributed by atoms with Crippen LogP contribution in [0, 0.1) is 18.6 Å². The van der Waals surface area contributed by atoms with Gasteiger partial charge in [0.05, 0.1) is 0 Å². The first-order valence-corrected chi connectivity index (χ1v) is 7.04. The maximum absolute atomic E-state index is 13.2. The minimum absolute atomic E-state index is 0.0224. The van der Waals surface area contributed by atoms with Crippen LogP contribution in [0.1, 0.15) is 23.1 Å². The van der Waals surface area contributed by atoms with Gasteiger partial charge < -0.3 is 0 Å². The second-order valence-corrected chi connectivity index (χ2v) is 5.31. The monoisotopic (exact) mass is 290 g/mol. The van der Waals surface area contributed by atoms with E-state index < -0.39 is 11.6 Å². The summed E-state index contributed by atoms with van der Waals surface area (Å²) in [5.74, 6) is 4.45. The lowest BCUT2D eigenvalue weighted by Crippen LogP contribution is -2.37. The fourth-order valence-electron chi connectivity index (χ4n) is 2.48. The van der Waals surface area contributed by atoms with Gasteiger partial charge in [0.1, 0.15) is 11.6 Å². The first-order valence-electron chi connectivity index (χ1n) is 7.04. The van der Waals surface area contributed by atoms with Gasteiger partial charge in [0.2, 0.25) is 0 Å². The number of hydrogen-bond acceptors (Lipinski definition) is 2. The fourth-order valence-corrected chi connectivity index (χ4v) is 2.48. The molecule has 0 spiro atoms. The van der Waals surface area contributed by atoms with Gasteiger partial charge in [0.25, 0.3) is 0 Å². The summed E-state index contributed by atoms with van der Waals surface area (Å²) in [5, 5.41) is 0. The summed E-state index contributed by atoms with van der Waals surface area (Å²) in [4.78, 5) is 0. The van der Waals surface area contributed by atoms with E-state index in [-0.39, 0.29) is 6.04 Å². The molecule has 4 heteroatoms. The van der Waals surface area contributed by atoms with Gasteiger partial charge in [-0.25, -0.2) is 8.78 Å². The summed E-state index contributed by atoms with van der Waals surface area (Å²) < 4.78 is 26.4. The molecule has 2 nitrogen and oxygen atoms in total. The molecule has 0 aliphatic carbocycles. The van der Waals surface area contributed by atoms with Crippen molar-refractivity contribution in [3.63, 3.8) is 0 Å². The van der Waals surface area contributed by atoms with Crippen molar-refractivity contribution in [3.8, 4) is 0 Å². The zero-order valence-corrected chi connectivity index (χ0v) is 12.1. The van der Waals surface area contributed by atoms with Crippen LogP contribution >= 0.6 is 0 Å². The number of halogens is 2. The SMILES string of the molecule is Cc1ccccc1CCC(Cc1cc(F)cc(F)c1)NN. The maximum Gasteiger partial charge on any atom is 0.126 e. The molecule has 0 fully saturated rings. The molecule has 21 heavy (non-hydrogen) atoms. The van der Waals surface area contributed by atoms with Gasteiger partial charge in [-0.15, -0.1) is 0 Å². The molecular weight excluding hydrogens is 270 g/mol. The van der Waals surface area contributed by atoms with Gasteiger partial charge in [-0.05, 0) is 55.0 Å². The third-order valence-electron chi connectivity index (χ3n) is 3.66. The van der Waals surface area contributed by atoms with Gasteiger partial charge in [0.15, 0.2) is 0 Å². The summed E-state index contributed by atoms with van der Waals surface area (Å²) in [7, 11) is 0. The number of hydrazine groups is 1. The van der Waals surface area contributed by atoms with E-state index in [1.54, 1.807) is 0 Å². The first kappa shape index (κ1) is 15.6. The van der Waals surface area contributed by atoms with Crippen molar-refractivity contribution in [2.75, 3.05) is 0 Å². The number of benzene rings is 2. The average Bonchev–Trinajstić information content (AvgIpc) is 2.44. The van der Waals surface area contributed by atoms with Crippen LogP contribution in [0.5, 0.6) is 0 Å². The minimum atomic E-state index is -0.556. The zero-order valence-electron chi connectivity index (χ0n) is 12.1. The van der Waals surface area contributed by atoms with Crippen LogP contribution in [0.4, 0.5) is 8.78 Å². The molecule has 112 valence electrons. The Hall–Kier alpha value is -1.78. The first-order chi connectivity index (χ1) is 10.1. The number of aryl methyl sites for hydroxylation is 2. The van der Waals surface area contributed by atoms with Crippen molar-refractivity contribution in [2.24, 2.45) is 5.84 Å². The highest BCUT2D eigenvalue weighted by Gasteiger charge is 2.10. The Morgan fingerprint density at radius 1 is 1.10 bits per heavy atom. The third kappa shape index (κ3) is 4.62. The summed E-state index contributed by atoms with van der Waals surface area (Å²) in [6, 6.07) is 11.7. The largest absolute Gasteiger partial charge is 0.271 e. The smallest absolute Gasteiger partial charge is 0.126 e. The van der Waals surface area contributed by atoms with Crippen molar-refractivity contribution in [1.29, 1.82) is 0 Å². The number of rotatable bonds is 6. The molecule has 2 aromatic carbocycles. The predicted molar refractivity (Wildman–Crippen MR) is 80.7 cm³/mol. The highest BCUT2D eigenvalue weighted by atomic mass is 19.1. The normalized spacial score (nSPS) is 12.4. The average molecular weight is 290 g/mol. The predicted octanol–water partition coefficient (Wildman–Crippen LogP) is 3.28. The number of hydrogen-bond donors (Lipinski definition) is 2. The molecule has 0 saturated carbocycles. The molecular formula is C17H20F2N2. The molecule has 0 aromatic heterocycles. The highest BCUT2D eigenvalue weighted by Crippen LogP contribution is 2.14. The van der Waals surface area contributed by atoms with Gasteiger partial charge >= 0.3 is 0 Å². The fraction of sp³-hybridized carbons (Fsp3) is 0.294. The molecule has 1 atom stereocenters. The number of nitrogens with two attached hydrogens (primary N) is 1. The molecule has 3 N–H and O–H groups in total. The molecule has 0 bridgehead atoms. The van der Waals surface area contributed by atoms with Crippen molar-refractivity contribution in [3.05, 3.63) is 70.8 Å². The zero-order chi connectivity index (χ0) is 15.2. The van der Waals surface area contributed by atoms with Gasteiger partial charge in [0, 0.05) is 12.1 Å². The lowest BCUT2D eigenvalue weighted by atomic mass is 9.97. The highest BCUT2D eigenvalue weighted by molar-refractivity contribution is 5.26. The summed E-state index contributed by atoms with van der Waals surface area (Å²) in [6.45, 7) is 2.07. The Bertz CT molecular complexity index is 579. The van der Waals surface area contributed by atoms with Gasteiger partial charge in [-0.2, -0.15) is 0 Å². The quantitative estimate of drug-likeness (QED) is 0.633. The summed E-state index contributed by atoms with van der Waals surface area (Å²) in [5.41, 5.74) is 5.85. The van der Waals surface area contributed by atoms with Crippen LogP contribution in [0.2, 0.25) is 0 Å². The summed E-state index contributed by atoms with van der Waals surface area (Å²) >= 11 is 0. The lowest BCUT2D eigenvalue weighted by molar-refractivity contribution is 0.487. The maximum atomic E-state index is 13.2. The van der Waals surface area contributed by atoms with E-state index in [0.29, 0.717) is 12.0 Å². The Labute approximate surface area is 124 Å². The van der Waals surface area contributed by atoms with Gasteiger partial charge in [-0.3, -0.25) is 11.3 Å². The third-order valence-corrected chi connectivity index (χ3v) is 3.66. The van der Waals surface area contributed by atoms with E-state index in [1.165, 1.54) is 23.3 Å². The Morgan fingerprint density at radius 2 is 1.76 bits per heavy atom.